The fourth-order valence-electron chi connectivity index (χ4n) is 1.28. The first-order valence-corrected chi connectivity index (χ1v) is 4.15. The zero-order chi connectivity index (χ0) is 9.10. The van der Waals surface area contributed by atoms with Crippen LogP contribution in [0.3, 0.4) is 0 Å². The summed E-state index contributed by atoms with van der Waals surface area (Å²) in [6, 6.07) is 18.4. The van der Waals surface area contributed by atoms with Crippen LogP contribution in [0.15, 0.2) is 48.5 Å². The first-order chi connectivity index (χ1) is 6.38. The Hall–Kier alpha value is -1.76. The van der Waals surface area contributed by atoms with Gasteiger partial charge in [0.05, 0.1) is 5.69 Å². The zero-order valence-corrected chi connectivity index (χ0v) is 7.12. The van der Waals surface area contributed by atoms with Gasteiger partial charge in [-0.1, -0.05) is 42.5 Å². The molecule has 0 atom stereocenters. The summed E-state index contributed by atoms with van der Waals surface area (Å²) in [5.41, 5.74) is 10.1. The summed E-state index contributed by atoms with van der Waals surface area (Å²) in [6.45, 7) is 0. The van der Waals surface area contributed by atoms with E-state index in [4.69, 9.17) is 5.73 Å². The molecule has 2 radical (unpaired) electrons. The van der Waals surface area contributed by atoms with Gasteiger partial charge in [0.15, 0.2) is 0 Å². The van der Waals surface area contributed by atoms with Gasteiger partial charge in [-0.25, -0.2) is 0 Å². The Morgan fingerprint density at radius 2 is 1.69 bits per heavy atom. The summed E-state index contributed by atoms with van der Waals surface area (Å²) in [5.74, 6) is 0. The quantitative estimate of drug-likeness (QED) is 0.623. The number of nitrogens with one attached hydrogen (secondary N) is 1. The normalized spacial score (nSPS) is 9.85. The molecule has 0 unspecified atom stereocenters. The molecule has 62 valence electrons. The van der Waals surface area contributed by atoms with E-state index in [2.05, 4.69) is 6.07 Å². The second-order valence-electron chi connectivity index (χ2n) is 2.82. The summed E-state index contributed by atoms with van der Waals surface area (Å²) in [5, 5.41) is 0. The summed E-state index contributed by atoms with van der Waals surface area (Å²) in [7, 11) is 0. The first-order valence-electron chi connectivity index (χ1n) is 4.15. The van der Waals surface area contributed by atoms with Crippen LogP contribution in [0.2, 0.25) is 0 Å². The smallest absolute Gasteiger partial charge is 0.0618 e. The highest BCUT2D eigenvalue weighted by Gasteiger charge is 1.99. The van der Waals surface area contributed by atoms with Crippen LogP contribution >= 0.6 is 0 Å². The Balaban J connectivity index is 2.54. The lowest BCUT2D eigenvalue weighted by Gasteiger charge is -2.02. The predicted octanol–water partition coefficient (Wildman–Crippen LogP) is 3.07. The van der Waals surface area contributed by atoms with E-state index >= 15 is 0 Å². The molecule has 2 rings (SSSR count). The van der Waals surface area contributed by atoms with Gasteiger partial charge in [0.1, 0.15) is 0 Å². The highest BCUT2D eigenvalue weighted by molar-refractivity contribution is 5.74. The molecule has 2 aromatic rings. The van der Waals surface area contributed by atoms with Crippen molar-refractivity contribution in [3.8, 4) is 11.1 Å². The van der Waals surface area contributed by atoms with E-state index in [1.165, 1.54) is 0 Å². The molecule has 0 heterocycles. The molecule has 1 N–H and O–H groups in total. The van der Waals surface area contributed by atoms with Crippen molar-refractivity contribution in [3.05, 3.63) is 54.6 Å². The molecule has 2 aromatic carbocycles. The average molecular weight is 167 g/mol. The van der Waals surface area contributed by atoms with Crippen LogP contribution in [0.1, 0.15) is 0 Å². The lowest BCUT2D eigenvalue weighted by atomic mass is 10.0. The minimum atomic E-state index is 0.546. The second kappa shape index (κ2) is 3.31. The number of hydrogen-bond acceptors (Lipinski definition) is 0. The van der Waals surface area contributed by atoms with E-state index < -0.39 is 0 Å². The van der Waals surface area contributed by atoms with Crippen molar-refractivity contribution in [2.75, 3.05) is 0 Å². The van der Waals surface area contributed by atoms with Crippen molar-refractivity contribution in [3.63, 3.8) is 0 Å². The van der Waals surface area contributed by atoms with Crippen molar-refractivity contribution in [1.82, 2.24) is 5.73 Å². The fourth-order valence-corrected chi connectivity index (χ4v) is 1.28. The topological polar surface area (TPSA) is 23.8 Å². The Bertz CT molecular complexity index is 393. The number of hydrogen-bond donors (Lipinski definition) is 0. The number of rotatable bonds is 1. The molecule has 13 heavy (non-hydrogen) atoms. The molecule has 1 heteroatoms. The molecule has 0 aromatic heterocycles. The molecular formula is C12H9N. The molecule has 0 bridgehead atoms. The van der Waals surface area contributed by atoms with Crippen LogP contribution in [0, 0.1) is 6.07 Å². The molecular weight excluding hydrogens is 158 g/mol. The van der Waals surface area contributed by atoms with Gasteiger partial charge in [0.2, 0.25) is 0 Å². The molecule has 1 nitrogen and oxygen atoms in total. The third-order valence-electron chi connectivity index (χ3n) is 1.93. The van der Waals surface area contributed by atoms with Gasteiger partial charge in [-0.3, -0.25) is 0 Å². The van der Waals surface area contributed by atoms with Crippen molar-refractivity contribution in [2.45, 2.75) is 0 Å². The summed E-state index contributed by atoms with van der Waals surface area (Å²) in [4.78, 5) is 0. The Kier molecular flexibility index (Phi) is 2.01. The summed E-state index contributed by atoms with van der Waals surface area (Å²) < 4.78 is 0. The van der Waals surface area contributed by atoms with Crippen LogP contribution in [0.5, 0.6) is 0 Å². The first kappa shape index (κ1) is 7.87. The van der Waals surface area contributed by atoms with Gasteiger partial charge in [-0.05, 0) is 17.7 Å². The third kappa shape index (κ3) is 1.54. The van der Waals surface area contributed by atoms with E-state index in [1.807, 2.05) is 42.5 Å². The molecule has 0 amide bonds. The Morgan fingerprint density at radius 1 is 0.923 bits per heavy atom. The molecule has 0 aliphatic carbocycles. The molecule has 0 saturated heterocycles. The van der Waals surface area contributed by atoms with Crippen LogP contribution in [-0.2, 0) is 0 Å². The maximum absolute atomic E-state index is 7.69. The second-order valence-corrected chi connectivity index (χ2v) is 2.82. The van der Waals surface area contributed by atoms with Gasteiger partial charge in [0.25, 0.3) is 0 Å². The van der Waals surface area contributed by atoms with Gasteiger partial charge >= 0.3 is 0 Å². The monoisotopic (exact) mass is 167 g/mol. The lowest BCUT2D eigenvalue weighted by Crippen LogP contribution is -1.79. The zero-order valence-electron chi connectivity index (χ0n) is 7.12. The minimum Gasteiger partial charge on any atom is -0.300 e. The molecule has 0 fully saturated rings. The van der Waals surface area contributed by atoms with E-state index in [1.54, 1.807) is 6.07 Å². The lowest BCUT2D eigenvalue weighted by molar-refractivity contribution is 1.47. The maximum atomic E-state index is 7.69. The number of benzene rings is 2. The van der Waals surface area contributed by atoms with Crippen molar-refractivity contribution in [1.29, 1.82) is 0 Å². The van der Waals surface area contributed by atoms with Gasteiger partial charge in [-0.2, -0.15) is 0 Å². The standard InChI is InChI=1S/C12H9N/c13-12-9-5-4-8-11(12)10-6-2-1-3-7-10/h1-6,8-9,13H. The molecule has 0 aliphatic heterocycles. The third-order valence-corrected chi connectivity index (χ3v) is 1.93. The summed E-state index contributed by atoms with van der Waals surface area (Å²) >= 11 is 0. The van der Waals surface area contributed by atoms with E-state index in [-0.39, 0.29) is 0 Å². The van der Waals surface area contributed by atoms with E-state index in [9.17, 15) is 0 Å². The Labute approximate surface area is 77.8 Å². The van der Waals surface area contributed by atoms with Crippen LogP contribution in [0.25, 0.3) is 11.1 Å². The van der Waals surface area contributed by atoms with Crippen LogP contribution in [-0.4, -0.2) is 0 Å². The van der Waals surface area contributed by atoms with Crippen molar-refractivity contribution in [2.24, 2.45) is 0 Å². The maximum Gasteiger partial charge on any atom is 0.0618 e. The molecule has 0 saturated carbocycles. The van der Waals surface area contributed by atoms with E-state index in [0.29, 0.717) is 5.69 Å². The highest BCUT2D eigenvalue weighted by Crippen LogP contribution is 2.25. The molecule has 0 aliphatic rings. The Morgan fingerprint density at radius 3 is 2.38 bits per heavy atom. The van der Waals surface area contributed by atoms with Crippen LogP contribution < -0.4 is 5.73 Å². The van der Waals surface area contributed by atoms with Gasteiger partial charge < -0.3 is 5.73 Å². The summed E-state index contributed by atoms with van der Waals surface area (Å²) in [6.07, 6.45) is 0. The van der Waals surface area contributed by atoms with Gasteiger partial charge in [-0.15, -0.1) is 0 Å². The molecule has 0 spiro atoms. The van der Waals surface area contributed by atoms with Crippen molar-refractivity contribution < 1.29 is 0 Å². The van der Waals surface area contributed by atoms with Crippen molar-refractivity contribution >= 4 is 5.69 Å². The minimum absolute atomic E-state index is 0.546. The highest BCUT2D eigenvalue weighted by atomic mass is 14.6. The largest absolute Gasteiger partial charge is 0.300 e. The van der Waals surface area contributed by atoms with E-state index in [0.717, 1.165) is 11.1 Å². The van der Waals surface area contributed by atoms with Crippen LogP contribution in [0.4, 0.5) is 5.69 Å². The fraction of sp³-hybridized carbons (Fsp3) is 0. The predicted molar refractivity (Wildman–Crippen MR) is 53.5 cm³/mol. The average Bonchev–Trinajstić information content (AvgIpc) is 2.20. The van der Waals surface area contributed by atoms with Gasteiger partial charge in [0, 0.05) is 5.56 Å². The SMILES string of the molecule is [NH]c1ccccc1-c1[c]cccc1.